The van der Waals surface area contributed by atoms with Crippen molar-refractivity contribution in [2.24, 2.45) is 0 Å². The fourth-order valence-corrected chi connectivity index (χ4v) is 3.02. The highest BCUT2D eigenvalue weighted by Crippen LogP contribution is 2.26. The Kier molecular flexibility index (Phi) is 5.28. The minimum atomic E-state index is -2.88. The van der Waals surface area contributed by atoms with Crippen molar-refractivity contribution in [3.8, 4) is 5.75 Å². The number of carbonyl (C=O) groups excluding carboxylic acids is 2. The SMILES string of the molecule is O=C(Cc1ccc(OC(F)F)cc1)Nc1sccc1C(=O)NC1CC1. The van der Waals surface area contributed by atoms with Gasteiger partial charge in [-0.3, -0.25) is 9.59 Å². The van der Waals surface area contributed by atoms with Crippen LogP contribution in [0.5, 0.6) is 5.75 Å². The van der Waals surface area contributed by atoms with Crippen molar-refractivity contribution in [3.63, 3.8) is 0 Å². The van der Waals surface area contributed by atoms with E-state index in [9.17, 15) is 18.4 Å². The molecule has 0 spiro atoms. The van der Waals surface area contributed by atoms with Crippen LogP contribution in [0.1, 0.15) is 28.8 Å². The molecule has 1 aliphatic carbocycles. The zero-order chi connectivity index (χ0) is 17.8. The van der Waals surface area contributed by atoms with E-state index in [0.717, 1.165) is 12.8 Å². The van der Waals surface area contributed by atoms with E-state index in [-0.39, 0.29) is 30.0 Å². The van der Waals surface area contributed by atoms with Gasteiger partial charge in [0.15, 0.2) is 0 Å². The molecule has 3 rings (SSSR count). The Hall–Kier alpha value is -2.48. The molecule has 0 unspecified atom stereocenters. The Morgan fingerprint density at radius 1 is 1.20 bits per heavy atom. The van der Waals surface area contributed by atoms with Crippen molar-refractivity contribution < 1.29 is 23.1 Å². The largest absolute Gasteiger partial charge is 0.435 e. The molecule has 0 radical (unpaired) electrons. The fraction of sp³-hybridized carbons (Fsp3) is 0.294. The van der Waals surface area contributed by atoms with Gasteiger partial charge in [-0.05, 0) is 42.0 Å². The highest BCUT2D eigenvalue weighted by molar-refractivity contribution is 7.14. The number of ether oxygens (including phenoxy) is 1. The van der Waals surface area contributed by atoms with Gasteiger partial charge < -0.3 is 15.4 Å². The first-order valence-corrected chi connectivity index (χ1v) is 8.61. The molecule has 0 bridgehead atoms. The van der Waals surface area contributed by atoms with E-state index in [0.29, 0.717) is 16.1 Å². The van der Waals surface area contributed by atoms with Crippen LogP contribution >= 0.6 is 11.3 Å². The number of hydrogen-bond donors (Lipinski definition) is 2. The molecule has 1 saturated carbocycles. The summed E-state index contributed by atoms with van der Waals surface area (Å²) in [6.45, 7) is -2.88. The van der Waals surface area contributed by atoms with E-state index in [2.05, 4.69) is 15.4 Å². The van der Waals surface area contributed by atoms with Crippen LogP contribution in [0.4, 0.5) is 13.8 Å². The quantitative estimate of drug-likeness (QED) is 0.789. The van der Waals surface area contributed by atoms with Crippen LogP contribution in [0.15, 0.2) is 35.7 Å². The topological polar surface area (TPSA) is 67.4 Å². The second-order valence-corrected chi connectivity index (χ2v) is 6.57. The maximum absolute atomic E-state index is 12.2. The summed E-state index contributed by atoms with van der Waals surface area (Å²) < 4.78 is 28.5. The predicted molar refractivity (Wildman–Crippen MR) is 90.2 cm³/mol. The summed E-state index contributed by atoms with van der Waals surface area (Å²) >= 11 is 1.28. The monoisotopic (exact) mass is 366 g/mol. The standard InChI is InChI=1S/C17H16F2N2O3S/c18-17(19)24-12-5-1-10(2-6-12)9-14(22)21-16-13(7-8-25-16)15(23)20-11-3-4-11/h1-2,5-8,11,17H,3-4,9H2,(H,20,23)(H,21,22). The van der Waals surface area contributed by atoms with E-state index >= 15 is 0 Å². The average Bonchev–Trinajstić information content (AvgIpc) is 3.24. The van der Waals surface area contributed by atoms with E-state index in [4.69, 9.17) is 0 Å². The highest BCUT2D eigenvalue weighted by atomic mass is 32.1. The number of benzene rings is 1. The molecule has 1 aliphatic rings. The van der Waals surface area contributed by atoms with Crippen molar-refractivity contribution in [3.05, 3.63) is 46.8 Å². The number of carbonyl (C=O) groups is 2. The van der Waals surface area contributed by atoms with Gasteiger partial charge in [0, 0.05) is 6.04 Å². The molecule has 2 amide bonds. The van der Waals surface area contributed by atoms with Crippen LogP contribution in [0.25, 0.3) is 0 Å². The maximum Gasteiger partial charge on any atom is 0.387 e. The minimum Gasteiger partial charge on any atom is -0.435 e. The van der Waals surface area contributed by atoms with E-state index in [1.165, 1.54) is 23.5 Å². The third kappa shape index (κ3) is 4.99. The van der Waals surface area contributed by atoms with Crippen molar-refractivity contribution >= 4 is 28.2 Å². The van der Waals surface area contributed by atoms with Crippen LogP contribution in [0, 0.1) is 0 Å². The number of anilines is 1. The van der Waals surface area contributed by atoms with Gasteiger partial charge in [0.2, 0.25) is 5.91 Å². The third-order valence-corrected chi connectivity index (χ3v) is 4.42. The lowest BCUT2D eigenvalue weighted by Gasteiger charge is -2.08. The smallest absolute Gasteiger partial charge is 0.387 e. The number of amides is 2. The first-order valence-electron chi connectivity index (χ1n) is 7.73. The van der Waals surface area contributed by atoms with Gasteiger partial charge >= 0.3 is 6.61 Å². The summed E-state index contributed by atoms with van der Waals surface area (Å²) in [5, 5.41) is 7.86. The summed E-state index contributed by atoms with van der Waals surface area (Å²) in [5.41, 5.74) is 1.10. The predicted octanol–water partition coefficient (Wildman–Crippen LogP) is 3.42. The molecule has 25 heavy (non-hydrogen) atoms. The molecule has 1 aromatic carbocycles. The number of thiophene rings is 1. The van der Waals surface area contributed by atoms with Gasteiger partial charge in [0.05, 0.1) is 12.0 Å². The molecular weight excluding hydrogens is 350 g/mol. The van der Waals surface area contributed by atoms with Crippen LogP contribution in [0.3, 0.4) is 0 Å². The summed E-state index contributed by atoms with van der Waals surface area (Å²) in [4.78, 5) is 24.3. The van der Waals surface area contributed by atoms with Crippen molar-refractivity contribution in [2.75, 3.05) is 5.32 Å². The van der Waals surface area contributed by atoms with Crippen LogP contribution < -0.4 is 15.4 Å². The van der Waals surface area contributed by atoms with Crippen molar-refractivity contribution in [1.82, 2.24) is 5.32 Å². The van der Waals surface area contributed by atoms with E-state index in [1.807, 2.05) is 0 Å². The fourth-order valence-electron chi connectivity index (χ4n) is 2.22. The first-order chi connectivity index (χ1) is 12.0. The van der Waals surface area contributed by atoms with Gasteiger partial charge in [0.1, 0.15) is 10.8 Å². The Morgan fingerprint density at radius 3 is 2.56 bits per heavy atom. The molecule has 1 aromatic heterocycles. The van der Waals surface area contributed by atoms with Crippen LogP contribution in [-0.2, 0) is 11.2 Å². The molecule has 2 N–H and O–H groups in total. The zero-order valence-electron chi connectivity index (χ0n) is 13.1. The lowest BCUT2D eigenvalue weighted by Crippen LogP contribution is -2.26. The number of hydrogen-bond acceptors (Lipinski definition) is 4. The Bertz CT molecular complexity index is 758. The van der Waals surface area contributed by atoms with Crippen molar-refractivity contribution in [1.29, 1.82) is 0 Å². The van der Waals surface area contributed by atoms with Gasteiger partial charge in [-0.1, -0.05) is 12.1 Å². The first kappa shape index (κ1) is 17.3. The number of halogens is 2. The highest BCUT2D eigenvalue weighted by Gasteiger charge is 2.25. The number of alkyl halides is 2. The summed E-state index contributed by atoms with van der Waals surface area (Å²) in [5.74, 6) is -0.436. The zero-order valence-corrected chi connectivity index (χ0v) is 13.9. The normalized spacial score (nSPS) is 13.6. The summed E-state index contributed by atoms with van der Waals surface area (Å²) in [6.07, 6.45) is 2.04. The molecule has 0 atom stereocenters. The third-order valence-electron chi connectivity index (χ3n) is 3.59. The molecule has 1 heterocycles. The minimum absolute atomic E-state index is 0.0384. The molecule has 2 aromatic rings. The van der Waals surface area contributed by atoms with Crippen LogP contribution in [-0.4, -0.2) is 24.5 Å². The van der Waals surface area contributed by atoms with Crippen LogP contribution in [0.2, 0.25) is 0 Å². The molecule has 5 nitrogen and oxygen atoms in total. The summed E-state index contributed by atoms with van der Waals surface area (Å²) in [6, 6.07) is 7.78. The second-order valence-electron chi connectivity index (χ2n) is 5.66. The molecule has 0 aliphatic heterocycles. The second kappa shape index (κ2) is 7.60. The lowest BCUT2D eigenvalue weighted by atomic mass is 10.1. The lowest BCUT2D eigenvalue weighted by molar-refractivity contribution is -0.115. The Labute approximate surface area is 147 Å². The molecule has 1 fully saturated rings. The van der Waals surface area contributed by atoms with Gasteiger partial charge in [-0.2, -0.15) is 8.78 Å². The number of rotatable bonds is 7. The van der Waals surface area contributed by atoms with E-state index < -0.39 is 6.61 Å². The molecule has 8 heteroatoms. The summed E-state index contributed by atoms with van der Waals surface area (Å²) in [7, 11) is 0. The average molecular weight is 366 g/mol. The molecular formula is C17H16F2N2O3S. The van der Waals surface area contributed by atoms with Gasteiger partial charge in [-0.25, -0.2) is 0 Å². The number of nitrogens with one attached hydrogen (secondary N) is 2. The maximum atomic E-state index is 12.2. The van der Waals surface area contributed by atoms with E-state index in [1.54, 1.807) is 23.6 Å². The Morgan fingerprint density at radius 2 is 1.92 bits per heavy atom. The Balaban J connectivity index is 1.57. The molecule has 132 valence electrons. The molecule has 0 saturated heterocycles. The van der Waals surface area contributed by atoms with Crippen molar-refractivity contribution in [2.45, 2.75) is 31.9 Å². The van der Waals surface area contributed by atoms with Gasteiger partial charge in [-0.15, -0.1) is 11.3 Å². The van der Waals surface area contributed by atoms with Gasteiger partial charge in [0.25, 0.3) is 5.91 Å².